The fraction of sp³-hybridized carbons (Fsp3) is 0.455. The van der Waals surface area contributed by atoms with Gasteiger partial charge in [-0.1, -0.05) is 11.3 Å². The molecule has 2 aliphatic heterocycles. The van der Waals surface area contributed by atoms with Gasteiger partial charge in [0.25, 0.3) is 0 Å². The molecule has 1 aromatic heterocycles. The second-order valence-electron chi connectivity index (χ2n) is 8.92. The van der Waals surface area contributed by atoms with Crippen LogP contribution in [-0.2, 0) is 12.7 Å². The molecule has 0 radical (unpaired) electrons. The molecular weight excluding hydrogens is 481 g/mol. The fourth-order valence-corrected chi connectivity index (χ4v) is 5.05. The summed E-state index contributed by atoms with van der Waals surface area (Å²) in [7, 11) is 0. The van der Waals surface area contributed by atoms with E-state index < -0.39 is 23.7 Å². The van der Waals surface area contributed by atoms with E-state index in [2.05, 4.69) is 20.3 Å². The summed E-state index contributed by atoms with van der Waals surface area (Å²) < 4.78 is 40.9. The van der Waals surface area contributed by atoms with Crippen molar-refractivity contribution in [2.24, 2.45) is 16.1 Å². The van der Waals surface area contributed by atoms with Crippen molar-refractivity contribution in [2.75, 3.05) is 19.6 Å². The lowest BCUT2D eigenvalue weighted by molar-refractivity contribution is -0.137. The Labute approximate surface area is 203 Å². The van der Waals surface area contributed by atoms with Gasteiger partial charge in [-0.2, -0.15) is 28.5 Å². The quantitative estimate of drug-likeness (QED) is 0.245. The van der Waals surface area contributed by atoms with Gasteiger partial charge in [0.05, 0.1) is 5.56 Å². The molecule has 4 rings (SSSR count). The third-order valence-electron chi connectivity index (χ3n) is 6.94. The van der Waals surface area contributed by atoms with Gasteiger partial charge in [0.1, 0.15) is 0 Å². The summed E-state index contributed by atoms with van der Waals surface area (Å²) in [5.74, 6) is -1.48. The summed E-state index contributed by atoms with van der Waals surface area (Å²) in [5, 5.41) is 19.1. The molecule has 2 aliphatic rings. The number of halogens is 3. The smallest absolute Gasteiger partial charge is 0.416 e. The number of amidine groups is 1. The zero-order chi connectivity index (χ0) is 26.1. The first-order valence-electron chi connectivity index (χ1n) is 11.3. The molecule has 36 heavy (non-hydrogen) atoms. The van der Waals surface area contributed by atoms with Gasteiger partial charge < -0.3 is 15.7 Å². The number of carboxylic acids is 1. The van der Waals surface area contributed by atoms with Crippen LogP contribution >= 0.6 is 0 Å². The highest BCUT2D eigenvalue weighted by atomic mass is 19.4. The minimum Gasteiger partial charge on any atom is -0.476 e. The number of nitrogens with zero attached hydrogens (tertiary/aromatic N) is 6. The molecule has 0 unspecified atom stereocenters. The van der Waals surface area contributed by atoms with E-state index in [0.717, 1.165) is 36.2 Å². The van der Waals surface area contributed by atoms with Crippen molar-refractivity contribution in [3.8, 4) is 0 Å². The molecule has 0 aliphatic carbocycles. The zero-order valence-corrected chi connectivity index (χ0v) is 19.2. The van der Waals surface area contributed by atoms with E-state index >= 15 is 0 Å². The van der Waals surface area contributed by atoms with Crippen LogP contribution in [0.5, 0.6) is 0 Å². The van der Waals surface area contributed by atoms with E-state index in [-0.39, 0.29) is 22.6 Å². The molecule has 0 saturated carbocycles. The highest BCUT2D eigenvalue weighted by Crippen LogP contribution is 2.40. The number of piperidine rings is 1. The molecule has 1 spiro atoms. The van der Waals surface area contributed by atoms with E-state index in [1.54, 1.807) is 4.90 Å². The van der Waals surface area contributed by atoms with Crippen LogP contribution in [0.25, 0.3) is 0 Å². The van der Waals surface area contributed by atoms with Crippen LogP contribution < -0.4 is 5.73 Å². The van der Waals surface area contributed by atoms with Crippen molar-refractivity contribution in [1.82, 2.24) is 19.6 Å². The van der Waals surface area contributed by atoms with Crippen LogP contribution in [0.4, 0.5) is 18.0 Å². The zero-order valence-electron chi connectivity index (χ0n) is 19.2. The lowest BCUT2D eigenvalue weighted by Gasteiger charge is -2.45. The number of aromatic nitrogens is 2. The molecule has 11 nitrogen and oxygen atoms in total. The molecule has 2 saturated heterocycles. The summed E-state index contributed by atoms with van der Waals surface area (Å²) in [5.41, 5.74) is 12.1. The first-order chi connectivity index (χ1) is 17.0. The number of aromatic carboxylic acids is 1. The molecule has 0 bridgehead atoms. The van der Waals surface area contributed by atoms with E-state index in [9.17, 15) is 22.8 Å². The van der Waals surface area contributed by atoms with Crippen LogP contribution in [-0.4, -0.2) is 67.7 Å². The lowest BCUT2D eigenvalue weighted by atomic mass is 9.84. The largest absolute Gasteiger partial charge is 0.476 e. The normalized spacial score (nSPS) is 18.5. The van der Waals surface area contributed by atoms with Crippen LogP contribution in [0.2, 0.25) is 0 Å². The monoisotopic (exact) mass is 506 g/mol. The molecule has 2 aromatic rings. The molecule has 4 N–H and O–H groups in total. The Bertz CT molecular complexity index is 1200. The topological polar surface area (TPSA) is 153 Å². The molecular formula is C22H25F3N8O3. The second-order valence-corrected chi connectivity index (χ2v) is 8.92. The molecule has 192 valence electrons. The first kappa shape index (κ1) is 25.3. The average molecular weight is 506 g/mol. The van der Waals surface area contributed by atoms with Crippen molar-refractivity contribution in [3.05, 3.63) is 52.8 Å². The standard InChI is InChI=1S/C22H25F3N8O3/c23-22(24,25)15-3-2-14(16(12-15)18(26)28-30-27)13-32-8-1-5-21(32)6-10-31(11-7-21)20(36)33-9-4-17(29-33)19(34)35/h2-4,9,12H,1,5-8,10-11,13H2,(H,34,35)(H3,26,27,28). The van der Waals surface area contributed by atoms with Gasteiger partial charge in [-0.05, 0) is 56.0 Å². The molecule has 3 heterocycles. The van der Waals surface area contributed by atoms with E-state index in [1.807, 2.05) is 0 Å². The predicted molar refractivity (Wildman–Crippen MR) is 120 cm³/mol. The first-order valence-corrected chi connectivity index (χ1v) is 11.3. The number of alkyl halides is 3. The van der Waals surface area contributed by atoms with Crippen molar-refractivity contribution in [2.45, 2.75) is 43.9 Å². The number of hydrogen-bond donors (Lipinski definition) is 3. The van der Waals surface area contributed by atoms with E-state index in [0.29, 0.717) is 38.0 Å². The number of rotatable bonds is 5. The maximum absolute atomic E-state index is 13.3. The summed E-state index contributed by atoms with van der Waals surface area (Å²) in [6.45, 7) is 1.92. The van der Waals surface area contributed by atoms with Gasteiger partial charge in [0.2, 0.25) is 0 Å². The number of carbonyl (C=O) groups is 2. The van der Waals surface area contributed by atoms with Crippen LogP contribution in [0, 0.1) is 5.53 Å². The van der Waals surface area contributed by atoms with Gasteiger partial charge >= 0.3 is 18.2 Å². The van der Waals surface area contributed by atoms with Gasteiger partial charge in [0.15, 0.2) is 11.5 Å². The Morgan fingerprint density at radius 1 is 1.17 bits per heavy atom. The number of likely N-dealkylation sites (tertiary alicyclic amines) is 2. The number of amides is 1. The number of nitrogens with two attached hydrogens (primary N) is 1. The highest BCUT2D eigenvalue weighted by molar-refractivity contribution is 5.98. The Hall–Kier alpha value is -3.81. The third-order valence-corrected chi connectivity index (χ3v) is 6.94. The van der Waals surface area contributed by atoms with Crippen molar-refractivity contribution in [1.29, 1.82) is 5.53 Å². The van der Waals surface area contributed by atoms with Crippen molar-refractivity contribution < 1.29 is 27.9 Å². The maximum Gasteiger partial charge on any atom is 0.416 e. The highest BCUT2D eigenvalue weighted by Gasteiger charge is 2.44. The minimum atomic E-state index is -4.56. The molecule has 1 aromatic carbocycles. The average Bonchev–Trinajstić information content (AvgIpc) is 3.47. The van der Waals surface area contributed by atoms with Crippen LogP contribution in [0.3, 0.4) is 0 Å². The molecule has 1 amide bonds. The summed E-state index contributed by atoms with van der Waals surface area (Å²) in [6.07, 6.45) is -0.169. The van der Waals surface area contributed by atoms with E-state index in [1.165, 1.54) is 18.3 Å². The minimum absolute atomic E-state index is 0.0865. The fourth-order valence-electron chi connectivity index (χ4n) is 5.05. The predicted octanol–water partition coefficient (Wildman–Crippen LogP) is 3.35. The summed E-state index contributed by atoms with van der Waals surface area (Å²) in [4.78, 5) is 27.7. The molecule has 14 heteroatoms. The number of hydrogen-bond acceptors (Lipinski definition) is 6. The summed E-state index contributed by atoms with van der Waals surface area (Å²) in [6, 6.07) is 4.17. The lowest BCUT2D eigenvalue weighted by Crippen LogP contribution is -2.53. The molecule has 2 fully saturated rings. The Morgan fingerprint density at radius 3 is 2.50 bits per heavy atom. The van der Waals surface area contributed by atoms with Crippen LogP contribution in [0.1, 0.15) is 52.9 Å². The Kier molecular flexibility index (Phi) is 6.80. The number of benzene rings is 1. The third kappa shape index (κ3) is 4.94. The number of nitrogens with one attached hydrogen (secondary N) is 1. The molecule has 0 atom stereocenters. The Morgan fingerprint density at radius 2 is 1.89 bits per heavy atom. The maximum atomic E-state index is 13.3. The van der Waals surface area contributed by atoms with Crippen molar-refractivity contribution in [3.63, 3.8) is 0 Å². The van der Waals surface area contributed by atoms with Gasteiger partial charge in [-0.15, -0.1) is 5.10 Å². The SMILES string of the molecule is N=NN=C(N)c1cc(C(F)(F)F)ccc1CN1CCCC12CCN(C(=O)n1ccc(C(=O)O)n1)CC2. The number of carbonyl (C=O) groups excluding carboxylic acids is 1. The van der Waals surface area contributed by atoms with E-state index in [4.69, 9.17) is 16.4 Å². The van der Waals surface area contributed by atoms with Gasteiger partial charge in [-0.3, -0.25) is 4.90 Å². The van der Waals surface area contributed by atoms with Crippen LogP contribution in [0.15, 0.2) is 40.8 Å². The van der Waals surface area contributed by atoms with Gasteiger partial charge in [0, 0.05) is 36.9 Å². The van der Waals surface area contributed by atoms with Gasteiger partial charge in [-0.25, -0.2) is 9.59 Å². The van der Waals surface area contributed by atoms with Crippen molar-refractivity contribution >= 4 is 17.8 Å². The number of carboxylic acid groups (broad SMARTS) is 1. The summed E-state index contributed by atoms with van der Waals surface area (Å²) >= 11 is 0. The Balaban J connectivity index is 1.51. The second kappa shape index (κ2) is 9.68.